The first-order chi connectivity index (χ1) is 10.1. The van der Waals surface area contributed by atoms with Gasteiger partial charge in [0.15, 0.2) is 5.84 Å². The van der Waals surface area contributed by atoms with Gasteiger partial charge in [-0.1, -0.05) is 0 Å². The normalized spacial score (nSPS) is 11.6. The number of aromatic hydroxyl groups is 1. The summed E-state index contributed by atoms with van der Waals surface area (Å²) >= 11 is 0. The highest BCUT2D eigenvalue weighted by molar-refractivity contribution is 6.45. The van der Waals surface area contributed by atoms with Gasteiger partial charge in [0, 0.05) is 0 Å². The molecule has 0 saturated heterocycles. The van der Waals surface area contributed by atoms with Gasteiger partial charge in [-0.3, -0.25) is 20.9 Å². The van der Waals surface area contributed by atoms with Gasteiger partial charge in [-0.05, 0) is 6.07 Å². The summed E-state index contributed by atoms with van der Waals surface area (Å²) in [4.78, 5) is 9.29. The molecule has 0 fully saturated rings. The first-order valence-electron chi connectivity index (χ1n) is 5.24. The lowest BCUT2D eigenvalue weighted by atomic mass is 10.1. The van der Waals surface area contributed by atoms with Gasteiger partial charge in [0.1, 0.15) is 17.4 Å². The average molecular weight is 316 g/mol. The van der Waals surface area contributed by atoms with Crippen LogP contribution in [0.1, 0.15) is 5.56 Å². The summed E-state index contributed by atoms with van der Waals surface area (Å²) in [6, 6.07) is 1.94. The van der Waals surface area contributed by atoms with E-state index in [1.807, 2.05) is 5.43 Å². The second-order valence-corrected chi connectivity index (χ2v) is 3.74. The molecule has 5 N–H and O–H groups in total. The standard InChI is InChI=1S/C10H7F3N6O3/c11-10(12,13)4-1-5(8(20)2-7(4)19(21)22)17-18-6(3-14)9(15)16/h1-2,17,20H,(H3,15,16)/b18-6+. The van der Waals surface area contributed by atoms with E-state index in [2.05, 4.69) is 5.10 Å². The van der Waals surface area contributed by atoms with E-state index in [9.17, 15) is 28.4 Å². The minimum atomic E-state index is -5.05. The van der Waals surface area contributed by atoms with Crippen molar-refractivity contribution in [2.45, 2.75) is 6.18 Å². The van der Waals surface area contributed by atoms with E-state index in [0.717, 1.165) is 0 Å². The number of nitriles is 1. The van der Waals surface area contributed by atoms with Crippen LogP contribution in [0.4, 0.5) is 24.5 Å². The lowest BCUT2D eigenvalue weighted by Gasteiger charge is -2.11. The third-order valence-electron chi connectivity index (χ3n) is 2.27. The van der Waals surface area contributed by atoms with E-state index in [1.54, 1.807) is 0 Å². The molecule has 1 aromatic rings. The fraction of sp³-hybridized carbons (Fsp3) is 0.100. The Bertz CT molecular complexity index is 707. The Labute approximate surface area is 120 Å². The molecule has 0 amide bonds. The number of hydrogen-bond donors (Lipinski definition) is 4. The molecule has 0 aliphatic carbocycles. The van der Waals surface area contributed by atoms with E-state index in [0.29, 0.717) is 6.07 Å². The van der Waals surface area contributed by atoms with Crippen LogP contribution in [0.2, 0.25) is 0 Å². The van der Waals surface area contributed by atoms with Crippen molar-refractivity contribution >= 4 is 22.9 Å². The summed E-state index contributed by atoms with van der Waals surface area (Å²) in [6.07, 6.45) is -5.05. The van der Waals surface area contributed by atoms with Crippen LogP contribution >= 0.6 is 0 Å². The molecule has 1 rings (SSSR count). The van der Waals surface area contributed by atoms with Crippen LogP contribution < -0.4 is 11.2 Å². The fourth-order valence-electron chi connectivity index (χ4n) is 1.31. The number of hydrazone groups is 1. The van der Waals surface area contributed by atoms with Gasteiger partial charge >= 0.3 is 6.18 Å². The van der Waals surface area contributed by atoms with Crippen LogP contribution in [0.15, 0.2) is 17.2 Å². The van der Waals surface area contributed by atoms with E-state index >= 15 is 0 Å². The second kappa shape index (κ2) is 5.95. The number of alkyl halides is 3. The van der Waals surface area contributed by atoms with Crippen LogP contribution in [-0.4, -0.2) is 21.6 Å². The van der Waals surface area contributed by atoms with Crippen molar-refractivity contribution in [1.29, 1.82) is 10.7 Å². The number of benzene rings is 1. The van der Waals surface area contributed by atoms with Crippen LogP contribution in [0, 0.1) is 26.9 Å². The van der Waals surface area contributed by atoms with Gasteiger partial charge in [0.05, 0.1) is 16.7 Å². The van der Waals surface area contributed by atoms with Gasteiger partial charge < -0.3 is 10.8 Å². The summed E-state index contributed by atoms with van der Waals surface area (Å²) in [5.74, 6) is -1.66. The highest BCUT2D eigenvalue weighted by atomic mass is 19.4. The number of halogens is 3. The molecular weight excluding hydrogens is 309 g/mol. The quantitative estimate of drug-likeness (QED) is 0.216. The number of anilines is 1. The monoisotopic (exact) mass is 316 g/mol. The van der Waals surface area contributed by atoms with Crippen molar-refractivity contribution in [3.05, 3.63) is 27.8 Å². The number of rotatable bonds is 4. The maximum absolute atomic E-state index is 12.8. The molecule has 22 heavy (non-hydrogen) atoms. The van der Waals surface area contributed by atoms with Crippen LogP contribution in [-0.2, 0) is 6.18 Å². The first kappa shape index (κ1) is 16.7. The molecule has 0 radical (unpaired) electrons. The summed E-state index contributed by atoms with van der Waals surface area (Å²) in [5, 5.41) is 38.8. The average Bonchev–Trinajstić information content (AvgIpc) is 2.38. The highest BCUT2D eigenvalue weighted by Gasteiger charge is 2.39. The zero-order valence-corrected chi connectivity index (χ0v) is 10.5. The Kier molecular flexibility index (Phi) is 4.52. The van der Waals surface area contributed by atoms with Crippen LogP contribution in [0.3, 0.4) is 0 Å². The minimum absolute atomic E-state index is 0.256. The number of phenolic OH excluding ortho intramolecular Hbond substituents is 1. The Hall–Kier alpha value is -3.36. The molecule has 0 heterocycles. The van der Waals surface area contributed by atoms with Gasteiger partial charge in [-0.15, -0.1) is 0 Å². The van der Waals surface area contributed by atoms with Gasteiger partial charge in [-0.25, -0.2) is 0 Å². The van der Waals surface area contributed by atoms with Gasteiger partial charge in [0.2, 0.25) is 5.71 Å². The molecule has 0 spiro atoms. The number of phenols is 1. The van der Waals surface area contributed by atoms with Crippen LogP contribution in [0.25, 0.3) is 0 Å². The first-order valence-corrected chi connectivity index (χ1v) is 5.24. The SMILES string of the molecule is N#C/C(=N\Nc1cc(C(F)(F)F)c([N+](=O)[O-])cc1O)C(=N)N. The van der Waals surface area contributed by atoms with E-state index in [-0.39, 0.29) is 6.07 Å². The van der Waals surface area contributed by atoms with Crippen molar-refractivity contribution in [3.8, 4) is 11.8 Å². The van der Waals surface area contributed by atoms with Crippen molar-refractivity contribution in [1.82, 2.24) is 0 Å². The number of amidine groups is 1. The van der Waals surface area contributed by atoms with Crippen molar-refractivity contribution in [2.75, 3.05) is 5.43 Å². The minimum Gasteiger partial charge on any atom is -0.505 e. The topological polar surface area (TPSA) is 161 Å². The molecule has 0 aromatic heterocycles. The molecular formula is C10H7F3N6O3. The summed E-state index contributed by atoms with van der Waals surface area (Å²) in [7, 11) is 0. The zero-order chi connectivity index (χ0) is 17.1. The molecule has 0 aliphatic heterocycles. The predicted octanol–water partition coefficient (Wildman–Crippen LogP) is 1.55. The molecule has 12 heteroatoms. The van der Waals surface area contributed by atoms with E-state index in [4.69, 9.17) is 16.4 Å². The van der Waals surface area contributed by atoms with Crippen molar-refractivity contribution in [2.24, 2.45) is 10.8 Å². The summed E-state index contributed by atoms with van der Waals surface area (Å²) in [6.45, 7) is 0. The van der Waals surface area contributed by atoms with E-state index < -0.39 is 45.3 Å². The summed E-state index contributed by atoms with van der Waals surface area (Å²) in [5.41, 5.74) is 2.62. The Balaban J connectivity index is 3.38. The third-order valence-corrected chi connectivity index (χ3v) is 2.27. The third kappa shape index (κ3) is 3.60. The molecule has 0 bridgehead atoms. The van der Waals surface area contributed by atoms with Crippen LogP contribution in [0.5, 0.6) is 5.75 Å². The molecule has 0 unspecified atom stereocenters. The molecule has 1 aromatic carbocycles. The smallest absolute Gasteiger partial charge is 0.423 e. The molecule has 0 aliphatic rings. The number of nitro groups is 1. The lowest BCUT2D eigenvalue weighted by molar-refractivity contribution is -0.388. The van der Waals surface area contributed by atoms with Crippen molar-refractivity contribution < 1.29 is 23.2 Å². The second-order valence-electron chi connectivity index (χ2n) is 3.74. The lowest BCUT2D eigenvalue weighted by Crippen LogP contribution is -2.22. The predicted molar refractivity (Wildman–Crippen MR) is 68.3 cm³/mol. The maximum Gasteiger partial charge on any atom is 0.423 e. The maximum atomic E-state index is 12.8. The number of nitrogens with one attached hydrogen (secondary N) is 2. The number of nitro benzene ring substituents is 1. The summed E-state index contributed by atoms with van der Waals surface area (Å²) < 4.78 is 38.3. The Morgan fingerprint density at radius 1 is 1.55 bits per heavy atom. The van der Waals surface area contributed by atoms with Gasteiger partial charge in [-0.2, -0.15) is 23.5 Å². The highest BCUT2D eigenvalue weighted by Crippen LogP contribution is 2.41. The number of nitrogens with zero attached hydrogens (tertiary/aromatic N) is 3. The molecule has 9 nitrogen and oxygen atoms in total. The molecule has 116 valence electrons. The number of hydrogen-bond acceptors (Lipinski definition) is 7. The fourth-order valence-corrected chi connectivity index (χ4v) is 1.31. The molecule has 0 atom stereocenters. The van der Waals surface area contributed by atoms with E-state index in [1.165, 1.54) is 6.07 Å². The number of nitrogens with two attached hydrogens (primary N) is 1. The largest absolute Gasteiger partial charge is 0.505 e. The van der Waals surface area contributed by atoms with Gasteiger partial charge in [0.25, 0.3) is 5.69 Å². The zero-order valence-electron chi connectivity index (χ0n) is 10.5. The molecule has 0 saturated carbocycles. The van der Waals surface area contributed by atoms with Crippen molar-refractivity contribution in [3.63, 3.8) is 0 Å². The Morgan fingerprint density at radius 3 is 2.55 bits per heavy atom. The Morgan fingerprint density at radius 2 is 2.14 bits per heavy atom.